The highest BCUT2D eigenvalue weighted by Gasteiger charge is 2.31. The lowest BCUT2D eigenvalue weighted by molar-refractivity contribution is -0.134. The van der Waals surface area contributed by atoms with Crippen LogP contribution in [0.5, 0.6) is 0 Å². The summed E-state index contributed by atoms with van der Waals surface area (Å²) in [5, 5.41) is 5.54. The first-order chi connectivity index (χ1) is 13.5. The first kappa shape index (κ1) is 19.9. The molecule has 3 rings (SSSR count). The van der Waals surface area contributed by atoms with Crippen LogP contribution in [0.15, 0.2) is 30.6 Å². The fourth-order valence-corrected chi connectivity index (χ4v) is 3.27. The number of benzene rings is 1. The summed E-state index contributed by atoms with van der Waals surface area (Å²) in [5.41, 5.74) is 0.545. The van der Waals surface area contributed by atoms with Gasteiger partial charge < -0.3 is 15.2 Å². The monoisotopic (exact) mass is 391 g/mol. The third-order valence-electron chi connectivity index (χ3n) is 4.78. The van der Waals surface area contributed by atoms with Gasteiger partial charge in [-0.3, -0.25) is 14.5 Å². The number of carbonyl (C=O) groups excluding carboxylic acids is 2. The maximum atomic E-state index is 13.5. The largest absolute Gasteiger partial charge is 0.353 e. The van der Waals surface area contributed by atoms with E-state index in [1.165, 1.54) is 6.07 Å². The molecule has 0 bridgehead atoms. The Morgan fingerprint density at radius 3 is 2.93 bits per heavy atom. The van der Waals surface area contributed by atoms with Gasteiger partial charge >= 0.3 is 0 Å². The zero-order valence-electron chi connectivity index (χ0n) is 15.6. The zero-order valence-corrected chi connectivity index (χ0v) is 15.6. The van der Waals surface area contributed by atoms with Gasteiger partial charge in [-0.1, -0.05) is 6.07 Å². The molecule has 150 valence electrons. The molecule has 0 spiro atoms. The molecule has 2 heterocycles. The van der Waals surface area contributed by atoms with E-state index in [0.717, 1.165) is 24.5 Å². The number of imidazole rings is 1. The van der Waals surface area contributed by atoms with Gasteiger partial charge in [0.2, 0.25) is 11.8 Å². The Morgan fingerprint density at radius 1 is 1.36 bits per heavy atom. The Bertz CT molecular complexity index is 855. The van der Waals surface area contributed by atoms with Crippen LogP contribution in [0.25, 0.3) is 0 Å². The number of aryl methyl sites for hydroxylation is 1. The lowest BCUT2D eigenvalue weighted by atomic mass is 10.1. The van der Waals surface area contributed by atoms with Crippen molar-refractivity contribution in [2.75, 3.05) is 13.1 Å². The number of hydrogen-bond donors (Lipinski definition) is 2. The molecule has 0 saturated carbocycles. The van der Waals surface area contributed by atoms with Crippen molar-refractivity contribution >= 4 is 11.8 Å². The van der Waals surface area contributed by atoms with Gasteiger partial charge in [-0.05, 0) is 24.6 Å². The maximum Gasteiger partial charge on any atom is 0.237 e. The molecule has 9 heteroatoms. The van der Waals surface area contributed by atoms with Crippen molar-refractivity contribution < 1.29 is 18.4 Å². The quantitative estimate of drug-likeness (QED) is 0.743. The molecular weight excluding hydrogens is 368 g/mol. The summed E-state index contributed by atoms with van der Waals surface area (Å²) in [4.78, 5) is 30.7. The number of hydrogen-bond acceptors (Lipinski definition) is 4. The molecule has 2 aromatic rings. The molecule has 1 aliphatic rings. The number of amides is 2. The summed E-state index contributed by atoms with van der Waals surface area (Å²) in [6, 6.07) is 2.98. The van der Waals surface area contributed by atoms with Crippen molar-refractivity contribution in [3.63, 3.8) is 0 Å². The number of nitrogens with one attached hydrogen (secondary N) is 2. The van der Waals surface area contributed by atoms with Crippen LogP contribution in [-0.2, 0) is 29.2 Å². The van der Waals surface area contributed by atoms with Gasteiger partial charge in [0.15, 0.2) is 11.6 Å². The summed E-state index contributed by atoms with van der Waals surface area (Å²) in [6.07, 6.45) is 3.48. The van der Waals surface area contributed by atoms with Crippen molar-refractivity contribution in [3.8, 4) is 0 Å². The van der Waals surface area contributed by atoms with Gasteiger partial charge in [0.1, 0.15) is 5.82 Å². The predicted octanol–water partition coefficient (Wildman–Crippen LogP) is 1.19. The van der Waals surface area contributed by atoms with Crippen molar-refractivity contribution in [3.05, 3.63) is 53.6 Å². The lowest BCUT2D eigenvalue weighted by Gasteiger charge is -2.34. The fourth-order valence-electron chi connectivity index (χ4n) is 3.27. The van der Waals surface area contributed by atoms with E-state index in [-0.39, 0.29) is 31.3 Å². The topological polar surface area (TPSA) is 79.3 Å². The van der Waals surface area contributed by atoms with E-state index in [2.05, 4.69) is 15.6 Å². The van der Waals surface area contributed by atoms with E-state index >= 15 is 0 Å². The third kappa shape index (κ3) is 4.72. The second kappa shape index (κ2) is 8.92. The summed E-state index contributed by atoms with van der Waals surface area (Å²) in [5.74, 6) is -1.63. The summed E-state index contributed by atoms with van der Waals surface area (Å²) >= 11 is 0. The molecule has 0 radical (unpaired) electrons. The Kier molecular flexibility index (Phi) is 6.35. The molecule has 2 N–H and O–H groups in total. The van der Waals surface area contributed by atoms with Crippen molar-refractivity contribution in [1.29, 1.82) is 0 Å². The minimum Gasteiger partial charge on any atom is -0.353 e. The Balaban J connectivity index is 1.62. The second-order valence-corrected chi connectivity index (χ2v) is 6.64. The van der Waals surface area contributed by atoms with Gasteiger partial charge in [0, 0.05) is 38.6 Å². The van der Waals surface area contributed by atoms with Crippen molar-refractivity contribution in [2.24, 2.45) is 0 Å². The van der Waals surface area contributed by atoms with Crippen LogP contribution in [-0.4, -0.2) is 45.4 Å². The number of aromatic nitrogens is 2. The van der Waals surface area contributed by atoms with Crippen LogP contribution in [0.2, 0.25) is 0 Å². The molecule has 1 aromatic carbocycles. The molecule has 1 atom stereocenters. The summed E-state index contributed by atoms with van der Waals surface area (Å²) in [6.45, 7) is 4.21. The average Bonchev–Trinajstić information content (AvgIpc) is 3.13. The number of piperazine rings is 1. The smallest absolute Gasteiger partial charge is 0.237 e. The fraction of sp³-hybridized carbons (Fsp3) is 0.421. The normalized spacial score (nSPS) is 17.4. The van der Waals surface area contributed by atoms with Gasteiger partial charge in [-0.25, -0.2) is 13.8 Å². The molecule has 28 heavy (non-hydrogen) atoms. The van der Waals surface area contributed by atoms with Crippen molar-refractivity contribution in [2.45, 2.75) is 39.0 Å². The second-order valence-electron chi connectivity index (χ2n) is 6.64. The Labute approximate surface area is 161 Å². The van der Waals surface area contributed by atoms with Gasteiger partial charge in [0.05, 0.1) is 19.0 Å². The number of carbonyl (C=O) groups is 2. The third-order valence-corrected chi connectivity index (χ3v) is 4.78. The molecule has 0 aliphatic carbocycles. The Morgan fingerprint density at radius 2 is 2.18 bits per heavy atom. The lowest BCUT2D eigenvalue weighted by Crippen LogP contribution is -2.56. The van der Waals surface area contributed by atoms with Crippen LogP contribution < -0.4 is 10.6 Å². The first-order valence-corrected chi connectivity index (χ1v) is 9.20. The molecular formula is C19H23F2N5O2. The Hall–Kier alpha value is -2.81. The molecule has 7 nitrogen and oxygen atoms in total. The highest BCUT2D eigenvalue weighted by molar-refractivity contribution is 5.88. The SMILES string of the molecule is CCn1ccnc1CNC(=O)CC1C(=O)NCCN1Cc1ccc(F)c(F)c1. The van der Waals surface area contributed by atoms with E-state index < -0.39 is 17.7 Å². The van der Waals surface area contributed by atoms with E-state index in [1.807, 2.05) is 17.7 Å². The molecule has 1 fully saturated rings. The van der Waals surface area contributed by atoms with Crippen LogP contribution in [0.4, 0.5) is 8.78 Å². The molecule has 1 saturated heterocycles. The first-order valence-electron chi connectivity index (χ1n) is 9.20. The summed E-state index contributed by atoms with van der Waals surface area (Å²) in [7, 11) is 0. The minimum atomic E-state index is -0.931. The van der Waals surface area contributed by atoms with Gasteiger partial charge in [-0.2, -0.15) is 0 Å². The van der Waals surface area contributed by atoms with E-state index in [9.17, 15) is 18.4 Å². The maximum absolute atomic E-state index is 13.5. The molecule has 1 aromatic heterocycles. The number of rotatable bonds is 7. The van der Waals surface area contributed by atoms with Crippen molar-refractivity contribution in [1.82, 2.24) is 25.1 Å². The van der Waals surface area contributed by atoms with E-state index in [1.54, 1.807) is 11.1 Å². The molecule has 2 amide bonds. The summed E-state index contributed by atoms with van der Waals surface area (Å²) < 4.78 is 28.5. The van der Waals surface area contributed by atoms with E-state index in [0.29, 0.717) is 18.7 Å². The number of nitrogens with zero attached hydrogens (tertiary/aromatic N) is 3. The average molecular weight is 391 g/mol. The zero-order chi connectivity index (χ0) is 20.1. The van der Waals surface area contributed by atoms with Crippen LogP contribution in [0.3, 0.4) is 0 Å². The molecule has 1 unspecified atom stereocenters. The van der Waals surface area contributed by atoms with Crippen LogP contribution in [0, 0.1) is 11.6 Å². The van der Waals surface area contributed by atoms with Gasteiger partial charge in [-0.15, -0.1) is 0 Å². The molecule has 1 aliphatic heterocycles. The van der Waals surface area contributed by atoms with Crippen LogP contribution in [0.1, 0.15) is 24.7 Å². The minimum absolute atomic E-state index is 0.0255. The standard InChI is InChI=1S/C19H23F2N5O2/c1-2-25-7-5-22-17(25)11-24-18(27)10-16-19(28)23-6-8-26(16)12-13-3-4-14(20)15(21)9-13/h3-5,7,9,16H,2,6,8,10-12H2,1H3,(H,23,28)(H,24,27). The predicted molar refractivity (Wildman–Crippen MR) is 97.9 cm³/mol. The number of halogens is 2. The van der Waals surface area contributed by atoms with Gasteiger partial charge in [0.25, 0.3) is 0 Å². The van der Waals surface area contributed by atoms with Crippen LogP contribution >= 0.6 is 0 Å². The van der Waals surface area contributed by atoms with E-state index in [4.69, 9.17) is 0 Å². The highest BCUT2D eigenvalue weighted by atomic mass is 19.2. The highest BCUT2D eigenvalue weighted by Crippen LogP contribution is 2.16.